The number of hydrogen-bond acceptors (Lipinski definition) is 4. The number of carboxylic acid groups (broad SMARTS) is 1. The maximum Gasteiger partial charge on any atom is 0.335 e. The zero-order chi connectivity index (χ0) is 13.8. The molecule has 1 aliphatic rings. The Morgan fingerprint density at radius 2 is 2.05 bits per heavy atom. The Kier molecular flexibility index (Phi) is 3.85. The Bertz CT molecular complexity index is 522. The Morgan fingerprint density at radius 3 is 2.58 bits per heavy atom. The van der Waals surface area contributed by atoms with Crippen molar-refractivity contribution < 1.29 is 19.4 Å². The summed E-state index contributed by atoms with van der Waals surface area (Å²) in [5.41, 5.74) is 1.93. The van der Waals surface area contributed by atoms with Gasteiger partial charge in [-0.3, -0.25) is 4.79 Å². The minimum absolute atomic E-state index is 0.188. The predicted molar refractivity (Wildman–Crippen MR) is 69.7 cm³/mol. The number of aliphatic carboxylic acids is 1. The molecule has 1 fully saturated rings. The molecule has 1 heterocycles. The number of carbonyl (C=O) groups is 2. The average Bonchev–Trinajstić information content (AvgIpc) is 2.82. The first-order valence-corrected chi connectivity index (χ1v) is 6.01. The lowest BCUT2D eigenvalue weighted by molar-refractivity contribution is -0.136. The molecule has 1 N–H and O–H groups in total. The van der Waals surface area contributed by atoms with Crippen molar-refractivity contribution in [3.8, 4) is 0 Å². The molecule has 0 amide bonds. The number of ether oxygens (including phenoxy) is 1. The largest absolute Gasteiger partial charge is 0.480 e. The molecule has 2 rings (SSSR count). The van der Waals surface area contributed by atoms with E-state index in [4.69, 9.17) is 9.84 Å². The maximum atomic E-state index is 11.6. The predicted octanol–water partition coefficient (Wildman–Crippen LogP) is 1.80. The summed E-state index contributed by atoms with van der Waals surface area (Å²) in [6.45, 7) is 1.92. The fraction of sp³-hybridized carbons (Fsp3) is 0.286. The van der Waals surface area contributed by atoms with Gasteiger partial charge in [0.15, 0.2) is 0 Å². The van der Waals surface area contributed by atoms with Gasteiger partial charge in [-0.2, -0.15) is 0 Å². The molecule has 1 aromatic rings. The van der Waals surface area contributed by atoms with Crippen molar-refractivity contribution in [1.29, 1.82) is 0 Å². The summed E-state index contributed by atoms with van der Waals surface area (Å²) in [6.07, 6.45) is 0.521. The lowest BCUT2D eigenvalue weighted by Gasteiger charge is -2.24. The van der Waals surface area contributed by atoms with Gasteiger partial charge >= 0.3 is 11.9 Å². The Balaban J connectivity index is 2.38. The highest BCUT2D eigenvalue weighted by Crippen LogP contribution is 2.25. The van der Waals surface area contributed by atoms with Crippen LogP contribution in [0.25, 0.3) is 0 Å². The van der Waals surface area contributed by atoms with Crippen LogP contribution in [0.5, 0.6) is 0 Å². The van der Waals surface area contributed by atoms with E-state index >= 15 is 0 Å². The van der Waals surface area contributed by atoms with Crippen LogP contribution in [0.4, 0.5) is 5.69 Å². The van der Waals surface area contributed by atoms with Gasteiger partial charge in [0, 0.05) is 17.8 Å². The van der Waals surface area contributed by atoms with Gasteiger partial charge in [0.2, 0.25) is 0 Å². The maximum absolute atomic E-state index is 11.6. The number of carboxylic acids is 1. The minimum Gasteiger partial charge on any atom is -0.480 e. The molecular weight excluding hydrogens is 246 g/mol. The number of benzene rings is 1. The van der Waals surface area contributed by atoms with E-state index in [1.165, 1.54) is 0 Å². The second-order valence-electron chi connectivity index (χ2n) is 4.27. The van der Waals surface area contributed by atoms with Crippen LogP contribution in [0.1, 0.15) is 13.3 Å². The standard InChI is InChI=1S/C14H15NO4/c1-10(12-7-8-19-14(12)18)15(9-13(16)17)11-5-3-2-4-6-11/h2-6H,7-9H2,1H3,(H,16,17). The van der Waals surface area contributed by atoms with Crippen molar-refractivity contribution in [1.82, 2.24) is 0 Å². The molecule has 0 saturated carbocycles. The molecule has 1 aliphatic heterocycles. The average molecular weight is 261 g/mol. The Morgan fingerprint density at radius 1 is 1.37 bits per heavy atom. The number of carbonyl (C=O) groups excluding carboxylic acids is 1. The number of allylic oxidation sites excluding steroid dienone is 1. The summed E-state index contributed by atoms with van der Waals surface area (Å²) >= 11 is 0. The van der Waals surface area contributed by atoms with Gasteiger partial charge in [0.1, 0.15) is 6.54 Å². The molecule has 5 heteroatoms. The summed E-state index contributed by atoms with van der Waals surface area (Å²) in [5, 5.41) is 9.02. The van der Waals surface area contributed by atoms with Crippen LogP contribution in [0.2, 0.25) is 0 Å². The fourth-order valence-corrected chi connectivity index (χ4v) is 2.07. The van der Waals surface area contributed by atoms with E-state index in [2.05, 4.69) is 0 Å². The second-order valence-corrected chi connectivity index (χ2v) is 4.27. The van der Waals surface area contributed by atoms with Crippen molar-refractivity contribution in [2.24, 2.45) is 0 Å². The monoisotopic (exact) mass is 261 g/mol. The van der Waals surface area contributed by atoms with Gasteiger partial charge in [-0.1, -0.05) is 18.2 Å². The van der Waals surface area contributed by atoms with E-state index in [1.807, 2.05) is 30.3 Å². The molecule has 1 aromatic carbocycles. The van der Waals surface area contributed by atoms with E-state index in [-0.39, 0.29) is 12.5 Å². The van der Waals surface area contributed by atoms with Crippen molar-refractivity contribution in [2.75, 3.05) is 18.1 Å². The lowest BCUT2D eigenvalue weighted by atomic mass is 10.1. The van der Waals surface area contributed by atoms with Crippen molar-refractivity contribution >= 4 is 17.6 Å². The quantitative estimate of drug-likeness (QED) is 0.661. The van der Waals surface area contributed by atoms with E-state index in [0.717, 1.165) is 5.69 Å². The highest BCUT2D eigenvalue weighted by Gasteiger charge is 2.25. The first-order chi connectivity index (χ1) is 9.09. The summed E-state index contributed by atoms with van der Waals surface area (Å²) in [5.74, 6) is -1.31. The van der Waals surface area contributed by atoms with Crippen molar-refractivity contribution in [3.05, 3.63) is 41.6 Å². The summed E-state index contributed by atoms with van der Waals surface area (Å²) in [7, 11) is 0. The molecule has 0 bridgehead atoms. The molecule has 0 atom stereocenters. The Hall–Kier alpha value is -2.30. The summed E-state index contributed by atoms with van der Waals surface area (Å²) < 4.78 is 4.91. The molecule has 0 radical (unpaired) electrons. The summed E-state index contributed by atoms with van der Waals surface area (Å²) in [4.78, 5) is 24.2. The highest BCUT2D eigenvalue weighted by molar-refractivity contribution is 5.92. The van der Waals surface area contributed by atoms with E-state index < -0.39 is 5.97 Å². The SMILES string of the molecule is CC(=C1CCOC1=O)N(CC(=O)O)c1ccccc1. The molecular formula is C14H15NO4. The zero-order valence-electron chi connectivity index (χ0n) is 10.6. The van der Waals surface area contributed by atoms with E-state index in [9.17, 15) is 9.59 Å². The third kappa shape index (κ3) is 2.93. The van der Waals surface area contributed by atoms with Gasteiger partial charge in [0.05, 0.1) is 12.2 Å². The van der Waals surface area contributed by atoms with Gasteiger partial charge in [-0.15, -0.1) is 0 Å². The topological polar surface area (TPSA) is 66.8 Å². The van der Waals surface area contributed by atoms with Crippen LogP contribution in [0, 0.1) is 0 Å². The van der Waals surface area contributed by atoms with Crippen LogP contribution in [0.3, 0.4) is 0 Å². The number of esters is 1. The molecule has 100 valence electrons. The smallest absolute Gasteiger partial charge is 0.335 e. The molecule has 0 spiro atoms. The number of cyclic esters (lactones) is 1. The van der Waals surface area contributed by atoms with E-state index in [0.29, 0.717) is 24.3 Å². The van der Waals surface area contributed by atoms with Crippen LogP contribution in [-0.2, 0) is 14.3 Å². The van der Waals surface area contributed by atoms with Gasteiger partial charge in [-0.05, 0) is 19.1 Å². The molecule has 5 nitrogen and oxygen atoms in total. The number of rotatable bonds is 4. The highest BCUT2D eigenvalue weighted by atomic mass is 16.5. The molecule has 0 aromatic heterocycles. The molecule has 0 aliphatic carbocycles. The van der Waals surface area contributed by atoms with Gasteiger partial charge in [0.25, 0.3) is 0 Å². The Labute approximate surface area is 111 Å². The number of hydrogen-bond donors (Lipinski definition) is 1. The third-order valence-corrected chi connectivity index (χ3v) is 3.03. The molecule has 0 unspecified atom stereocenters. The zero-order valence-corrected chi connectivity index (χ0v) is 10.6. The number of nitrogens with zero attached hydrogens (tertiary/aromatic N) is 1. The van der Waals surface area contributed by atoms with Crippen molar-refractivity contribution in [3.63, 3.8) is 0 Å². The molecule has 19 heavy (non-hydrogen) atoms. The van der Waals surface area contributed by atoms with Crippen molar-refractivity contribution in [2.45, 2.75) is 13.3 Å². The third-order valence-electron chi connectivity index (χ3n) is 3.03. The minimum atomic E-state index is -0.949. The van der Waals surface area contributed by atoms with Crippen LogP contribution in [-0.4, -0.2) is 30.2 Å². The lowest BCUT2D eigenvalue weighted by Crippen LogP contribution is -2.29. The normalized spacial score (nSPS) is 17.0. The van der Waals surface area contributed by atoms with Crippen LogP contribution < -0.4 is 4.90 Å². The summed E-state index contributed by atoms with van der Waals surface area (Å²) in [6, 6.07) is 9.14. The number of para-hydroxylation sites is 1. The molecule has 1 saturated heterocycles. The first kappa shape index (κ1) is 13.1. The van der Waals surface area contributed by atoms with Gasteiger partial charge < -0.3 is 14.7 Å². The van der Waals surface area contributed by atoms with Crippen LogP contribution >= 0.6 is 0 Å². The number of anilines is 1. The van der Waals surface area contributed by atoms with E-state index in [1.54, 1.807) is 11.8 Å². The van der Waals surface area contributed by atoms with Crippen LogP contribution in [0.15, 0.2) is 41.6 Å². The fourth-order valence-electron chi connectivity index (χ4n) is 2.07. The second kappa shape index (κ2) is 5.56. The van der Waals surface area contributed by atoms with Gasteiger partial charge in [-0.25, -0.2) is 4.79 Å². The first-order valence-electron chi connectivity index (χ1n) is 6.01.